The minimum atomic E-state index is 0.287. The third-order valence-electron chi connectivity index (χ3n) is 5.24. The fourth-order valence-corrected chi connectivity index (χ4v) is 4.00. The smallest absolute Gasteiger partial charge is 0.0599 e. The summed E-state index contributed by atoms with van der Waals surface area (Å²) in [5.74, 6) is 0.750. The molecule has 0 aromatic heterocycles. The van der Waals surface area contributed by atoms with Gasteiger partial charge >= 0.3 is 0 Å². The highest BCUT2D eigenvalue weighted by molar-refractivity contribution is 4.99. The number of hydrogen-bond acceptors (Lipinski definition) is 3. The van der Waals surface area contributed by atoms with E-state index in [-0.39, 0.29) is 5.54 Å². The van der Waals surface area contributed by atoms with Gasteiger partial charge in [-0.3, -0.25) is 4.90 Å². The van der Waals surface area contributed by atoms with Crippen molar-refractivity contribution < 1.29 is 4.74 Å². The highest BCUT2D eigenvalue weighted by atomic mass is 16.5. The normalized spacial score (nSPS) is 35.8. The second-order valence-corrected chi connectivity index (χ2v) is 6.10. The van der Waals surface area contributed by atoms with Crippen LogP contribution in [0.25, 0.3) is 0 Å². The Labute approximate surface area is 112 Å². The summed E-state index contributed by atoms with van der Waals surface area (Å²) in [5, 5.41) is 0. The number of ether oxygens (including phenoxy) is 1. The molecule has 1 saturated carbocycles. The molecule has 0 radical (unpaired) electrons. The molecule has 0 spiro atoms. The van der Waals surface area contributed by atoms with Crippen molar-refractivity contribution in [3.8, 4) is 0 Å². The summed E-state index contributed by atoms with van der Waals surface area (Å²) in [6.45, 7) is 8.52. The molecule has 18 heavy (non-hydrogen) atoms. The average Bonchev–Trinajstić information content (AvgIpc) is 2.41. The van der Waals surface area contributed by atoms with Crippen LogP contribution in [0, 0.1) is 5.92 Å². The zero-order valence-corrected chi connectivity index (χ0v) is 12.2. The molecule has 0 aromatic rings. The summed E-state index contributed by atoms with van der Waals surface area (Å²) in [7, 11) is 0. The van der Waals surface area contributed by atoms with Crippen LogP contribution in [0.4, 0.5) is 0 Å². The molecule has 106 valence electrons. The lowest BCUT2D eigenvalue weighted by molar-refractivity contribution is -0.0468. The Morgan fingerprint density at radius 2 is 1.94 bits per heavy atom. The molecule has 2 N–H and O–H groups in total. The van der Waals surface area contributed by atoms with Crippen LogP contribution in [-0.4, -0.2) is 42.8 Å². The van der Waals surface area contributed by atoms with E-state index in [0.717, 1.165) is 19.1 Å². The maximum atomic E-state index is 6.18. The topological polar surface area (TPSA) is 38.5 Å². The van der Waals surface area contributed by atoms with Gasteiger partial charge in [-0.15, -0.1) is 0 Å². The van der Waals surface area contributed by atoms with Crippen molar-refractivity contribution >= 4 is 0 Å². The van der Waals surface area contributed by atoms with Gasteiger partial charge in [-0.1, -0.05) is 19.8 Å². The van der Waals surface area contributed by atoms with Gasteiger partial charge in [-0.2, -0.15) is 0 Å². The van der Waals surface area contributed by atoms with Crippen LogP contribution < -0.4 is 5.73 Å². The average molecular weight is 254 g/mol. The Morgan fingerprint density at radius 1 is 1.22 bits per heavy atom. The monoisotopic (exact) mass is 254 g/mol. The van der Waals surface area contributed by atoms with Gasteiger partial charge < -0.3 is 10.5 Å². The van der Waals surface area contributed by atoms with E-state index in [1.165, 1.54) is 51.6 Å². The SMILES string of the molecule is CCOC1CCN(C2(CN)CCCCC2C)CC1. The van der Waals surface area contributed by atoms with E-state index in [0.29, 0.717) is 6.10 Å². The van der Waals surface area contributed by atoms with E-state index in [1.54, 1.807) is 0 Å². The standard InChI is InChI=1S/C15H30N2O/c1-3-18-14-7-10-17(11-8-14)15(12-16)9-5-4-6-13(15)2/h13-14H,3-12,16H2,1-2H3. The molecule has 2 atom stereocenters. The highest BCUT2D eigenvalue weighted by Gasteiger charge is 2.43. The lowest BCUT2D eigenvalue weighted by Gasteiger charge is -2.52. The minimum Gasteiger partial charge on any atom is -0.378 e. The van der Waals surface area contributed by atoms with E-state index in [4.69, 9.17) is 10.5 Å². The van der Waals surface area contributed by atoms with Gasteiger partial charge in [0.05, 0.1) is 6.10 Å². The van der Waals surface area contributed by atoms with Crippen LogP contribution >= 0.6 is 0 Å². The molecule has 1 saturated heterocycles. The first-order chi connectivity index (χ1) is 8.73. The van der Waals surface area contributed by atoms with Gasteiger partial charge in [0, 0.05) is 31.8 Å². The van der Waals surface area contributed by atoms with Crippen LogP contribution in [0.15, 0.2) is 0 Å². The van der Waals surface area contributed by atoms with Crippen molar-refractivity contribution in [2.24, 2.45) is 11.7 Å². The summed E-state index contributed by atoms with van der Waals surface area (Å²) in [6.07, 6.45) is 8.24. The second kappa shape index (κ2) is 6.36. The fraction of sp³-hybridized carbons (Fsp3) is 1.00. The lowest BCUT2D eigenvalue weighted by Crippen LogP contribution is -2.61. The van der Waals surface area contributed by atoms with E-state index in [9.17, 15) is 0 Å². The predicted molar refractivity (Wildman–Crippen MR) is 75.6 cm³/mol. The Kier molecular flexibility index (Phi) is 5.05. The van der Waals surface area contributed by atoms with E-state index in [1.807, 2.05) is 0 Å². The molecule has 3 heteroatoms. The van der Waals surface area contributed by atoms with Crippen molar-refractivity contribution in [2.75, 3.05) is 26.2 Å². The number of likely N-dealkylation sites (tertiary alicyclic amines) is 1. The Balaban J connectivity index is 1.97. The molecule has 2 rings (SSSR count). The third kappa shape index (κ3) is 2.73. The van der Waals surface area contributed by atoms with Crippen LogP contribution in [0.2, 0.25) is 0 Å². The quantitative estimate of drug-likeness (QED) is 0.837. The van der Waals surface area contributed by atoms with Crippen molar-refractivity contribution in [3.05, 3.63) is 0 Å². The summed E-state index contributed by atoms with van der Waals surface area (Å²) < 4.78 is 5.75. The van der Waals surface area contributed by atoms with Gasteiger partial charge in [0.1, 0.15) is 0 Å². The van der Waals surface area contributed by atoms with Gasteiger partial charge in [-0.05, 0) is 38.5 Å². The van der Waals surface area contributed by atoms with E-state index >= 15 is 0 Å². The molecular formula is C15H30N2O. The highest BCUT2D eigenvalue weighted by Crippen LogP contribution is 2.39. The molecule has 1 aliphatic heterocycles. The van der Waals surface area contributed by atoms with Crippen molar-refractivity contribution in [3.63, 3.8) is 0 Å². The zero-order chi connectivity index (χ0) is 13.0. The Bertz CT molecular complexity index is 251. The number of piperidine rings is 1. The first-order valence-electron chi connectivity index (χ1n) is 7.79. The second-order valence-electron chi connectivity index (χ2n) is 6.10. The predicted octanol–water partition coefficient (Wildman–Crippen LogP) is 2.39. The number of nitrogens with zero attached hydrogens (tertiary/aromatic N) is 1. The molecule has 3 nitrogen and oxygen atoms in total. The Hall–Kier alpha value is -0.120. The largest absolute Gasteiger partial charge is 0.378 e. The van der Waals surface area contributed by atoms with Crippen LogP contribution in [0.5, 0.6) is 0 Å². The summed E-state index contributed by atoms with van der Waals surface area (Å²) in [5.41, 5.74) is 6.47. The molecule has 0 bridgehead atoms. The summed E-state index contributed by atoms with van der Waals surface area (Å²) in [6, 6.07) is 0. The lowest BCUT2D eigenvalue weighted by atomic mass is 9.71. The van der Waals surface area contributed by atoms with Crippen molar-refractivity contribution in [2.45, 2.75) is 64.0 Å². The number of rotatable bonds is 4. The number of nitrogens with two attached hydrogens (primary N) is 1. The first kappa shape index (κ1) is 14.3. The van der Waals surface area contributed by atoms with Gasteiger partial charge in [-0.25, -0.2) is 0 Å². The molecule has 2 unspecified atom stereocenters. The van der Waals surface area contributed by atoms with Crippen LogP contribution in [-0.2, 0) is 4.74 Å². The van der Waals surface area contributed by atoms with Gasteiger partial charge in [0.25, 0.3) is 0 Å². The fourth-order valence-electron chi connectivity index (χ4n) is 4.00. The summed E-state index contributed by atoms with van der Waals surface area (Å²) >= 11 is 0. The summed E-state index contributed by atoms with van der Waals surface area (Å²) in [4.78, 5) is 2.69. The molecule has 1 heterocycles. The van der Waals surface area contributed by atoms with Gasteiger partial charge in [0.15, 0.2) is 0 Å². The molecule has 1 aliphatic carbocycles. The molecule has 0 aromatic carbocycles. The van der Waals surface area contributed by atoms with E-state index in [2.05, 4.69) is 18.7 Å². The Morgan fingerprint density at radius 3 is 2.50 bits per heavy atom. The molecular weight excluding hydrogens is 224 g/mol. The molecule has 2 aliphatic rings. The van der Waals surface area contributed by atoms with Gasteiger partial charge in [0.2, 0.25) is 0 Å². The van der Waals surface area contributed by atoms with Crippen molar-refractivity contribution in [1.29, 1.82) is 0 Å². The minimum absolute atomic E-state index is 0.287. The van der Waals surface area contributed by atoms with E-state index < -0.39 is 0 Å². The number of hydrogen-bond donors (Lipinski definition) is 1. The first-order valence-corrected chi connectivity index (χ1v) is 7.79. The zero-order valence-electron chi connectivity index (χ0n) is 12.2. The maximum Gasteiger partial charge on any atom is 0.0599 e. The van der Waals surface area contributed by atoms with Crippen LogP contribution in [0.1, 0.15) is 52.4 Å². The molecule has 2 fully saturated rings. The van der Waals surface area contributed by atoms with Crippen LogP contribution in [0.3, 0.4) is 0 Å². The maximum absolute atomic E-state index is 6.18. The van der Waals surface area contributed by atoms with Crippen molar-refractivity contribution in [1.82, 2.24) is 4.90 Å². The third-order valence-corrected chi connectivity index (χ3v) is 5.24. The molecule has 0 amide bonds.